The van der Waals surface area contributed by atoms with E-state index in [-0.39, 0.29) is 11.9 Å². The Morgan fingerprint density at radius 2 is 2.30 bits per heavy atom. The van der Waals surface area contributed by atoms with E-state index in [0.717, 1.165) is 0 Å². The number of ether oxygens (including phenoxy) is 2. The predicted octanol–water partition coefficient (Wildman–Crippen LogP) is 1.99. The average molecular weight is 317 g/mol. The Labute approximate surface area is 134 Å². The van der Waals surface area contributed by atoms with E-state index in [0.29, 0.717) is 49.5 Å². The monoisotopic (exact) mass is 317 g/mol. The summed E-state index contributed by atoms with van der Waals surface area (Å²) in [6, 6.07) is 6.80. The molecule has 1 aromatic heterocycles. The molecule has 23 heavy (non-hydrogen) atoms. The molecule has 0 unspecified atom stereocenters. The fourth-order valence-corrected chi connectivity index (χ4v) is 2.55. The van der Waals surface area contributed by atoms with Gasteiger partial charge in [0.05, 0.1) is 19.8 Å². The molecule has 2 aromatic rings. The summed E-state index contributed by atoms with van der Waals surface area (Å²) >= 11 is 0. The van der Waals surface area contributed by atoms with Gasteiger partial charge in [-0.05, 0) is 25.1 Å². The van der Waals surface area contributed by atoms with Crippen LogP contribution >= 0.6 is 0 Å². The topological polar surface area (TPSA) is 77.7 Å². The molecule has 0 N–H and O–H groups in total. The summed E-state index contributed by atoms with van der Waals surface area (Å²) < 4.78 is 16.4. The first-order valence-electron chi connectivity index (χ1n) is 7.60. The molecule has 3 rings (SSSR count). The highest BCUT2D eigenvalue weighted by atomic mass is 16.5. The van der Waals surface area contributed by atoms with E-state index in [1.165, 1.54) is 0 Å². The largest absolute Gasteiger partial charge is 0.494 e. The molecule has 1 amide bonds. The molecule has 0 saturated carbocycles. The van der Waals surface area contributed by atoms with E-state index in [4.69, 9.17) is 13.9 Å². The van der Waals surface area contributed by atoms with Crippen molar-refractivity contribution >= 4 is 5.91 Å². The molecule has 122 valence electrons. The number of benzene rings is 1. The molecule has 0 bridgehead atoms. The number of morpholine rings is 1. The van der Waals surface area contributed by atoms with Crippen molar-refractivity contribution in [3.8, 4) is 5.75 Å². The van der Waals surface area contributed by atoms with Crippen LogP contribution < -0.4 is 4.74 Å². The van der Waals surface area contributed by atoms with Gasteiger partial charge in [0, 0.05) is 19.0 Å². The van der Waals surface area contributed by atoms with E-state index >= 15 is 0 Å². The maximum Gasteiger partial charge on any atom is 0.254 e. The first-order chi connectivity index (χ1) is 11.2. The predicted molar refractivity (Wildman–Crippen MR) is 81.2 cm³/mol. The van der Waals surface area contributed by atoms with Crippen LogP contribution in [0.5, 0.6) is 5.75 Å². The maximum atomic E-state index is 12.9. The zero-order valence-electron chi connectivity index (χ0n) is 13.2. The SMILES string of the molecule is CCOc1cccc(C(=O)N2CCOC[C@@H]2c2nnc(C)o2)c1. The number of hydrogen-bond donors (Lipinski definition) is 0. The fourth-order valence-electron chi connectivity index (χ4n) is 2.55. The standard InChI is InChI=1S/C16H19N3O4/c1-3-22-13-6-4-5-12(9-13)16(20)19-7-8-21-10-14(19)15-18-17-11(2)23-15/h4-6,9,14H,3,7-8,10H2,1-2H3/t14-/m1/s1. The molecule has 7 heteroatoms. The lowest BCUT2D eigenvalue weighted by atomic mass is 10.1. The first kappa shape index (κ1) is 15.5. The van der Waals surface area contributed by atoms with Crippen molar-refractivity contribution in [2.45, 2.75) is 19.9 Å². The number of aryl methyl sites for hydroxylation is 1. The van der Waals surface area contributed by atoms with Crippen LogP contribution in [0.3, 0.4) is 0 Å². The highest BCUT2D eigenvalue weighted by Gasteiger charge is 2.33. The van der Waals surface area contributed by atoms with Gasteiger partial charge in [0.25, 0.3) is 5.91 Å². The molecule has 1 aliphatic heterocycles. The maximum absolute atomic E-state index is 12.9. The van der Waals surface area contributed by atoms with Gasteiger partial charge < -0.3 is 18.8 Å². The lowest BCUT2D eigenvalue weighted by molar-refractivity contribution is -0.0106. The van der Waals surface area contributed by atoms with Crippen molar-refractivity contribution in [1.29, 1.82) is 0 Å². The minimum absolute atomic E-state index is 0.101. The van der Waals surface area contributed by atoms with Gasteiger partial charge in [-0.15, -0.1) is 10.2 Å². The summed E-state index contributed by atoms with van der Waals surface area (Å²) in [5.41, 5.74) is 0.569. The van der Waals surface area contributed by atoms with Crippen LogP contribution in [0.4, 0.5) is 0 Å². The van der Waals surface area contributed by atoms with Gasteiger partial charge in [0.1, 0.15) is 11.8 Å². The van der Waals surface area contributed by atoms with Crippen molar-refractivity contribution in [2.24, 2.45) is 0 Å². The Morgan fingerprint density at radius 1 is 1.43 bits per heavy atom. The summed E-state index contributed by atoms with van der Waals surface area (Å²) in [7, 11) is 0. The molecule has 0 radical (unpaired) electrons. The quantitative estimate of drug-likeness (QED) is 0.858. The Bertz CT molecular complexity index is 685. The number of carbonyl (C=O) groups is 1. The summed E-state index contributed by atoms with van der Waals surface area (Å²) in [4.78, 5) is 14.6. The van der Waals surface area contributed by atoms with Crippen LogP contribution in [-0.2, 0) is 4.74 Å². The zero-order chi connectivity index (χ0) is 16.2. The second kappa shape index (κ2) is 6.78. The average Bonchev–Trinajstić information content (AvgIpc) is 3.01. The third-order valence-electron chi connectivity index (χ3n) is 3.61. The highest BCUT2D eigenvalue weighted by molar-refractivity contribution is 5.94. The van der Waals surface area contributed by atoms with Gasteiger partial charge in [-0.1, -0.05) is 6.07 Å². The lowest BCUT2D eigenvalue weighted by Crippen LogP contribution is -2.43. The number of nitrogens with zero attached hydrogens (tertiary/aromatic N) is 3. The molecular formula is C16H19N3O4. The first-order valence-corrected chi connectivity index (χ1v) is 7.60. The molecule has 1 atom stereocenters. The van der Waals surface area contributed by atoms with Crippen LogP contribution in [0.1, 0.15) is 35.1 Å². The molecule has 0 aliphatic carbocycles. The number of hydrogen-bond acceptors (Lipinski definition) is 6. The van der Waals surface area contributed by atoms with Gasteiger partial charge >= 0.3 is 0 Å². The molecule has 0 spiro atoms. The van der Waals surface area contributed by atoms with Crippen LogP contribution in [0.25, 0.3) is 0 Å². The highest BCUT2D eigenvalue weighted by Crippen LogP contribution is 2.26. The zero-order valence-corrected chi connectivity index (χ0v) is 13.2. The van der Waals surface area contributed by atoms with Gasteiger partial charge in [0.2, 0.25) is 11.8 Å². The third-order valence-corrected chi connectivity index (χ3v) is 3.61. The second-order valence-corrected chi connectivity index (χ2v) is 5.21. The molecule has 2 heterocycles. The van der Waals surface area contributed by atoms with Gasteiger partial charge in [-0.3, -0.25) is 4.79 Å². The van der Waals surface area contributed by atoms with E-state index in [1.807, 2.05) is 19.1 Å². The molecule has 1 fully saturated rings. The summed E-state index contributed by atoms with van der Waals surface area (Å²) in [6.07, 6.45) is 0. The summed E-state index contributed by atoms with van der Waals surface area (Å²) in [5, 5.41) is 7.86. The molecule has 1 saturated heterocycles. The summed E-state index contributed by atoms with van der Waals surface area (Å²) in [5.74, 6) is 1.44. The van der Waals surface area contributed by atoms with Crippen LogP contribution in [0.2, 0.25) is 0 Å². The smallest absolute Gasteiger partial charge is 0.254 e. The van der Waals surface area contributed by atoms with Crippen LogP contribution in [0.15, 0.2) is 28.7 Å². The van der Waals surface area contributed by atoms with Crippen LogP contribution in [0, 0.1) is 6.92 Å². The Balaban J connectivity index is 1.85. The Kier molecular flexibility index (Phi) is 4.57. The van der Waals surface area contributed by atoms with E-state index in [9.17, 15) is 4.79 Å². The number of carbonyl (C=O) groups excluding carboxylic acids is 1. The third kappa shape index (κ3) is 3.34. The van der Waals surface area contributed by atoms with Crippen molar-refractivity contribution in [3.05, 3.63) is 41.6 Å². The van der Waals surface area contributed by atoms with Crippen LogP contribution in [-0.4, -0.2) is 47.4 Å². The molecule has 1 aliphatic rings. The van der Waals surface area contributed by atoms with Crippen molar-refractivity contribution in [1.82, 2.24) is 15.1 Å². The molecular weight excluding hydrogens is 298 g/mol. The van der Waals surface area contributed by atoms with Gasteiger partial charge in [-0.2, -0.15) is 0 Å². The van der Waals surface area contributed by atoms with E-state index in [1.54, 1.807) is 24.0 Å². The van der Waals surface area contributed by atoms with Gasteiger partial charge in [-0.25, -0.2) is 0 Å². The Morgan fingerprint density at radius 3 is 3.04 bits per heavy atom. The number of aromatic nitrogens is 2. The fraction of sp³-hybridized carbons (Fsp3) is 0.438. The Hall–Kier alpha value is -2.41. The molecule has 1 aromatic carbocycles. The minimum Gasteiger partial charge on any atom is -0.494 e. The van der Waals surface area contributed by atoms with Crippen molar-refractivity contribution in [2.75, 3.05) is 26.4 Å². The number of rotatable bonds is 4. The van der Waals surface area contributed by atoms with E-state index in [2.05, 4.69) is 10.2 Å². The summed E-state index contributed by atoms with van der Waals surface area (Å²) in [6.45, 7) is 5.49. The minimum atomic E-state index is -0.367. The second-order valence-electron chi connectivity index (χ2n) is 5.21. The molecule has 7 nitrogen and oxygen atoms in total. The van der Waals surface area contributed by atoms with Gasteiger partial charge in [0.15, 0.2) is 0 Å². The lowest BCUT2D eigenvalue weighted by Gasteiger charge is -2.33. The van der Waals surface area contributed by atoms with Crippen molar-refractivity contribution in [3.63, 3.8) is 0 Å². The van der Waals surface area contributed by atoms with E-state index < -0.39 is 0 Å². The normalized spacial score (nSPS) is 18.0. The van der Waals surface area contributed by atoms with Crippen molar-refractivity contribution < 1.29 is 18.7 Å². The number of amides is 1.